The van der Waals surface area contributed by atoms with Gasteiger partial charge in [0.05, 0.1) is 11.1 Å². The van der Waals surface area contributed by atoms with E-state index in [2.05, 4.69) is 15.2 Å². The first-order chi connectivity index (χ1) is 14.6. The number of aromatic nitrogens is 4. The highest BCUT2D eigenvalue weighted by Crippen LogP contribution is 2.27. The molecule has 2 heterocycles. The Hall–Kier alpha value is -3.77. The maximum atomic E-state index is 13.1. The molecule has 30 heavy (non-hydrogen) atoms. The molecule has 0 saturated heterocycles. The topological polar surface area (TPSA) is 73.8 Å². The van der Waals surface area contributed by atoms with Gasteiger partial charge in [-0.2, -0.15) is 14.8 Å². The quantitative estimate of drug-likeness (QED) is 0.412. The van der Waals surface area contributed by atoms with Crippen molar-refractivity contribution in [1.29, 1.82) is 0 Å². The molecule has 0 fully saturated rings. The van der Waals surface area contributed by atoms with Crippen molar-refractivity contribution in [2.75, 3.05) is 0 Å². The number of fused-ring (bicyclic) bond motifs is 1. The zero-order valence-corrected chi connectivity index (χ0v) is 16.7. The van der Waals surface area contributed by atoms with Crippen LogP contribution in [0.2, 0.25) is 5.02 Å². The van der Waals surface area contributed by atoms with Crippen molar-refractivity contribution in [3.8, 4) is 28.7 Å². The molecular weight excluding hydrogens is 400 g/mol. The maximum Gasteiger partial charge on any atom is 0.279 e. The molecule has 0 saturated carbocycles. The van der Waals surface area contributed by atoms with Gasteiger partial charge in [0.25, 0.3) is 11.4 Å². The Labute approximate surface area is 176 Å². The molecule has 0 amide bonds. The number of hydrogen-bond acceptors (Lipinski definition) is 5. The molecule has 6 nitrogen and oxygen atoms in total. The van der Waals surface area contributed by atoms with E-state index in [0.717, 1.165) is 11.1 Å². The number of aryl methyl sites for hydroxylation is 1. The van der Waals surface area contributed by atoms with Crippen LogP contribution >= 0.6 is 11.6 Å². The predicted octanol–water partition coefficient (Wildman–Crippen LogP) is 5.06. The Bertz CT molecular complexity index is 1420. The van der Waals surface area contributed by atoms with E-state index in [1.165, 1.54) is 4.68 Å². The summed E-state index contributed by atoms with van der Waals surface area (Å²) in [6, 6.07) is 22.0. The molecule has 2 aromatic heterocycles. The third kappa shape index (κ3) is 3.17. The SMILES string of the molecule is Cc1ccc(-n2nc(-c3nc(-c4ccc(Cl)cc4)no3)c3ccccc3c2=O)cc1. The summed E-state index contributed by atoms with van der Waals surface area (Å²) in [5.41, 5.74) is 2.76. The van der Waals surface area contributed by atoms with E-state index in [1.54, 1.807) is 18.2 Å². The van der Waals surface area contributed by atoms with Crippen molar-refractivity contribution in [2.24, 2.45) is 0 Å². The average molecular weight is 415 g/mol. The molecule has 146 valence electrons. The van der Waals surface area contributed by atoms with Crippen LogP contribution in [-0.2, 0) is 0 Å². The second-order valence-corrected chi connectivity index (χ2v) is 7.31. The van der Waals surface area contributed by atoms with Crippen LogP contribution in [-0.4, -0.2) is 19.9 Å². The minimum Gasteiger partial charge on any atom is -0.332 e. The smallest absolute Gasteiger partial charge is 0.279 e. The van der Waals surface area contributed by atoms with Crippen molar-refractivity contribution in [2.45, 2.75) is 6.92 Å². The van der Waals surface area contributed by atoms with E-state index in [9.17, 15) is 4.79 Å². The minimum atomic E-state index is -0.212. The zero-order chi connectivity index (χ0) is 20.7. The van der Waals surface area contributed by atoms with Crippen LogP contribution in [0.5, 0.6) is 0 Å². The van der Waals surface area contributed by atoms with Gasteiger partial charge in [-0.3, -0.25) is 4.79 Å². The monoisotopic (exact) mass is 414 g/mol. The Morgan fingerprint density at radius 1 is 0.900 bits per heavy atom. The summed E-state index contributed by atoms with van der Waals surface area (Å²) >= 11 is 5.96. The zero-order valence-electron chi connectivity index (χ0n) is 15.9. The first kappa shape index (κ1) is 18.3. The number of halogens is 1. The molecule has 0 spiro atoms. The number of nitrogens with zero attached hydrogens (tertiary/aromatic N) is 4. The van der Waals surface area contributed by atoms with E-state index in [0.29, 0.717) is 33.0 Å². The molecule has 0 aliphatic heterocycles. The highest BCUT2D eigenvalue weighted by Gasteiger charge is 2.19. The van der Waals surface area contributed by atoms with Crippen molar-refractivity contribution < 1.29 is 4.52 Å². The first-order valence-electron chi connectivity index (χ1n) is 9.29. The van der Waals surface area contributed by atoms with Gasteiger partial charge < -0.3 is 4.52 Å². The molecule has 3 aromatic carbocycles. The molecular formula is C23H15ClN4O2. The largest absolute Gasteiger partial charge is 0.332 e. The normalized spacial score (nSPS) is 11.1. The second-order valence-electron chi connectivity index (χ2n) is 6.88. The molecule has 0 radical (unpaired) electrons. The highest BCUT2D eigenvalue weighted by molar-refractivity contribution is 6.30. The van der Waals surface area contributed by atoms with Crippen molar-refractivity contribution in [3.05, 3.63) is 93.7 Å². The maximum absolute atomic E-state index is 13.1. The summed E-state index contributed by atoms with van der Waals surface area (Å²) in [5.74, 6) is 0.651. The summed E-state index contributed by atoms with van der Waals surface area (Å²) in [6.07, 6.45) is 0. The van der Waals surface area contributed by atoms with Gasteiger partial charge in [0.2, 0.25) is 5.82 Å². The van der Waals surface area contributed by atoms with Crippen LogP contribution in [0.1, 0.15) is 5.56 Å². The summed E-state index contributed by atoms with van der Waals surface area (Å²) in [4.78, 5) is 17.6. The predicted molar refractivity (Wildman–Crippen MR) is 116 cm³/mol. The third-order valence-corrected chi connectivity index (χ3v) is 5.07. The molecule has 0 aliphatic carbocycles. The van der Waals surface area contributed by atoms with Gasteiger partial charge in [-0.05, 0) is 49.4 Å². The second kappa shape index (κ2) is 7.24. The van der Waals surface area contributed by atoms with E-state index in [4.69, 9.17) is 16.1 Å². The average Bonchev–Trinajstić information content (AvgIpc) is 3.25. The lowest BCUT2D eigenvalue weighted by molar-refractivity contribution is 0.430. The van der Waals surface area contributed by atoms with E-state index in [1.807, 2.05) is 61.5 Å². The lowest BCUT2D eigenvalue weighted by Crippen LogP contribution is -2.22. The Kier molecular flexibility index (Phi) is 4.41. The Morgan fingerprint density at radius 3 is 2.33 bits per heavy atom. The number of benzene rings is 3. The fraction of sp³-hybridized carbons (Fsp3) is 0.0435. The first-order valence-corrected chi connectivity index (χ1v) is 9.67. The standard InChI is InChI=1S/C23H15ClN4O2/c1-14-6-12-17(13-7-14)28-23(29)19-5-3-2-4-18(19)20(26-28)22-25-21(27-30-22)15-8-10-16(24)11-9-15/h2-13H,1H3. The third-order valence-electron chi connectivity index (χ3n) is 4.81. The minimum absolute atomic E-state index is 0.212. The molecule has 0 unspecified atom stereocenters. The molecule has 0 N–H and O–H groups in total. The lowest BCUT2D eigenvalue weighted by atomic mass is 10.1. The number of rotatable bonds is 3. The molecule has 0 atom stereocenters. The summed E-state index contributed by atoms with van der Waals surface area (Å²) in [7, 11) is 0. The fourth-order valence-electron chi connectivity index (χ4n) is 3.24. The van der Waals surface area contributed by atoms with Gasteiger partial charge >= 0.3 is 0 Å². The van der Waals surface area contributed by atoms with E-state index in [-0.39, 0.29) is 11.4 Å². The number of hydrogen-bond donors (Lipinski definition) is 0. The molecule has 7 heteroatoms. The lowest BCUT2D eigenvalue weighted by Gasteiger charge is -2.09. The summed E-state index contributed by atoms with van der Waals surface area (Å²) in [6.45, 7) is 1.99. The van der Waals surface area contributed by atoms with E-state index >= 15 is 0 Å². The molecule has 0 bridgehead atoms. The Morgan fingerprint density at radius 2 is 1.60 bits per heavy atom. The van der Waals surface area contributed by atoms with Crippen molar-refractivity contribution >= 4 is 22.4 Å². The van der Waals surface area contributed by atoms with Crippen molar-refractivity contribution in [3.63, 3.8) is 0 Å². The highest BCUT2D eigenvalue weighted by atomic mass is 35.5. The molecule has 0 aliphatic rings. The van der Waals surface area contributed by atoms with Gasteiger partial charge in [0.1, 0.15) is 0 Å². The van der Waals surface area contributed by atoms with Crippen LogP contribution < -0.4 is 5.56 Å². The summed E-state index contributed by atoms with van der Waals surface area (Å²) < 4.78 is 6.89. The Balaban J connectivity index is 1.71. The fourth-order valence-corrected chi connectivity index (χ4v) is 3.37. The van der Waals surface area contributed by atoms with Gasteiger partial charge in [0.15, 0.2) is 5.69 Å². The van der Waals surface area contributed by atoms with Crippen LogP contribution in [0.4, 0.5) is 0 Å². The van der Waals surface area contributed by atoms with Crippen LogP contribution in [0.3, 0.4) is 0 Å². The van der Waals surface area contributed by atoms with Crippen molar-refractivity contribution in [1.82, 2.24) is 19.9 Å². The molecule has 5 rings (SSSR count). The summed E-state index contributed by atoms with van der Waals surface area (Å²) in [5, 5.41) is 10.5. The van der Waals surface area contributed by atoms with Gasteiger partial charge in [0, 0.05) is 16.0 Å². The van der Waals surface area contributed by atoms with Gasteiger partial charge in [-0.15, -0.1) is 0 Å². The van der Waals surface area contributed by atoms with Crippen LogP contribution in [0, 0.1) is 6.92 Å². The van der Waals surface area contributed by atoms with Gasteiger partial charge in [-0.25, -0.2) is 0 Å². The van der Waals surface area contributed by atoms with Crippen LogP contribution in [0.15, 0.2) is 82.1 Å². The van der Waals surface area contributed by atoms with E-state index < -0.39 is 0 Å². The molecule has 5 aromatic rings. The van der Waals surface area contributed by atoms with Crippen LogP contribution in [0.25, 0.3) is 39.4 Å². The van der Waals surface area contributed by atoms with Gasteiger partial charge in [-0.1, -0.05) is 52.7 Å².